The Morgan fingerprint density at radius 2 is 1.94 bits per heavy atom. The van der Waals surface area contributed by atoms with E-state index in [0.717, 1.165) is 22.6 Å². The molecule has 17 heavy (non-hydrogen) atoms. The lowest BCUT2D eigenvalue weighted by Crippen LogP contribution is -2.08. The Kier molecular flexibility index (Phi) is 3.22. The first-order valence-electron chi connectivity index (χ1n) is 5.59. The fourth-order valence-corrected chi connectivity index (χ4v) is 2.39. The third kappa shape index (κ3) is 2.08. The van der Waals surface area contributed by atoms with Crippen molar-refractivity contribution in [3.8, 4) is 5.69 Å². The molecule has 1 unspecified atom stereocenters. The Balaban J connectivity index is 2.62. The summed E-state index contributed by atoms with van der Waals surface area (Å²) in [5.41, 5.74) is 9.94. The van der Waals surface area contributed by atoms with Crippen LogP contribution in [0.4, 0.5) is 0 Å². The molecule has 90 valence electrons. The number of hydrogen-bond acceptors (Lipinski definition) is 2. The zero-order valence-corrected chi connectivity index (χ0v) is 11.0. The second kappa shape index (κ2) is 4.51. The van der Waals surface area contributed by atoms with Crippen LogP contribution in [0.1, 0.15) is 29.9 Å². The van der Waals surface area contributed by atoms with Crippen LogP contribution in [0.25, 0.3) is 5.69 Å². The van der Waals surface area contributed by atoms with E-state index in [0.29, 0.717) is 5.02 Å². The fourth-order valence-electron chi connectivity index (χ4n) is 2.17. The monoisotopic (exact) mass is 249 g/mol. The molecular formula is C13H16ClN3. The van der Waals surface area contributed by atoms with Crippen molar-refractivity contribution in [2.24, 2.45) is 5.73 Å². The zero-order valence-electron chi connectivity index (χ0n) is 10.2. The number of nitrogens with zero attached hydrogens (tertiary/aromatic N) is 2. The molecule has 1 atom stereocenters. The first kappa shape index (κ1) is 12.1. The number of hydrogen-bond donors (Lipinski definition) is 1. The first-order valence-corrected chi connectivity index (χ1v) is 5.96. The van der Waals surface area contributed by atoms with Crippen molar-refractivity contribution in [3.63, 3.8) is 0 Å². The zero-order chi connectivity index (χ0) is 12.6. The van der Waals surface area contributed by atoms with Crippen LogP contribution >= 0.6 is 11.6 Å². The van der Waals surface area contributed by atoms with Gasteiger partial charge < -0.3 is 5.73 Å². The van der Waals surface area contributed by atoms with Crippen molar-refractivity contribution in [1.82, 2.24) is 9.78 Å². The molecule has 0 radical (unpaired) electrons. The van der Waals surface area contributed by atoms with Gasteiger partial charge in [0, 0.05) is 17.3 Å². The largest absolute Gasteiger partial charge is 0.324 e. The number of para-hydroxylation sites is 1. The van der Waals surface area contributed by atoms with Gasteiger partial charge in [0.15, 0.2) is 0 Å². The molecule has 2 rings (SSSR count). The molecule has 0 aliphatic rings. The summed E-state index contributed by atoms with van der Waals surface area (Å²) in [5, 5.41) is 5.20. The molecule has 4 heteroatoms. The van der Waals surface area contributed by atoms with E-state index in [-0.39, 0.29) is 6.04 Å². The van der Waals surface area contributed by atoms with Gasteiger partial charge in [0.25, 0.3) is 0 Å². The van der Waals surface area contributed by atoms with E-state index >= 15 is 0 Å². The molecule has 2 N–H and O–H groups in total. The van der Waals surface area contributed by atoms with Gasteiger partial charge in [-0.2, -0.15) is 5.10 Å². The quantitative estimate of drug-likeness (QED) is 0.889. The van der Waals surface area contributed by atoms with Crippen LogP contribution in [0.3, 0.4) is 0 Å². The van der Waals surface area contributed by atoms with Gasteiger partial charge in [0.2, 0.25) is 0 Å². The average Bonchev–Trinajstić information content (AvgIpc) is 2.55. The lowest BCUT2D eigenvalue weighted by molar-refractivity contribution is 0.795. The van der Waals surface area contributed by atoms with Gasteiger partial charge in [0.05, 0.1) is 16.4 Å². The maximum absolute atomic E-state index is 6.18. The van der Waals surface area contributed by atoms with Gasteiger partial charge in [-0.15, -0.1) is 0 Å². The molecular weight excluding hydrogens is 234 g/mol. The normalized spacial score (nSPS) is 12.8. The van der Waals surface area contributed by atoms with Crippen molar-refractivity contribution < 1.29 is 0 Å². The van der Waals surface area contributed by atoms with Crippen molar-refractivity contribution in [3.05, 3.63) is 46.2 Å². The highest BCUT2D eigenvalue weighted by Gasteiger charge is 2.16. The summed E-state index contributed by atoms with van der Waals surface area (Å²) in [4.78, 5) is 0. The maximum atomic E-state index is 6.18. The summed E-state index contributed by atoms with van der Waals surface area (Å²) in [6.07, 6.45) is 0. The second-order valence-corrected chi connectivity index (χ2v) is 4.64. The van der Waals surface area contributed by atoms with E-state index in [1.807, 2.05) is 49.7 Å². The molecule has 2 aromatic rings. The molecule has 0 bridgehead atoms. The van der Waals surface area contributed by atoms with Gasteiger partial charge in [-0.25, -0.2) is 4.68 Å². The summed E-state index contributed by atoms with van der Waals surface area (Å²) in [5.74, 6) is 0. The highest BCUT2D eigenvalue weighted by molar-refractivity contribution is 6.32. The van der Waals surface area contributed by atoms with Crippen molar-refractivity contribution in [1.29, 1.82) is 0 Å². The molecule has 0 saturated carbocycles. The number of halogens is 1. The third-order valence-electron chi connectivity index (χ3n) is 2.88. The molecule has 0 spiro atoms. The van der Waals surface area contributed by atoms with Crippen LogP contribution in [0.5, 0.6) is 0 Å². The first-order chi connectivity index (χ1) is 8.02. The molecule has 0 aliphatic carbocycles. The molecule has 1 aromatic heterocycles. The Morgan fingerprint density at radius 1 is 1.29 bits per heavy atom. The minimum absolute atomic E-state index is 0.0220. The van der Waals surface area contributed by atoms with Crippen LogP contribution < -0.4 is 5.73 Å². The predicted molar refractivity (Wildman–Crippen MR) is 70.7 cm³/mol. The summed E-state index contributed by atoms with van der Waals surface area (Å²) in [6.45, 7) is 5.95. The Bertz CT molecular complexity index is 544. The van der Waals surface area contributed by atoms with Crippen LogP contribution in [0.15, 0.2) is 24.3 Å². The van der Waals surface area contributed by atoms with Crippen LogP contribution in [0.2, 0.25) is 5.02 Å². The molecule has 0 fully saturated rings. The summed E-state index contributed by atoms with van der Waals surface area (Å²) >= 11 is 6.18. The van der Waals surface area contributed by atoms with Gasteiger partial charge in [-0.05, 0) is 32.9 Å². The van der Waals surface area contributed by atoms with Crippen LogP contribution in [-0.2, 0) is 0 Å². The van der Waals surface area contributed by atoms with E-state index < -0.39 is 0 Å². The van der Waals surface area contributed by atoms with Gasteiger partial charge in [0.1, 0.15) is 0 Å². The molecule has 0 aliphatic heterocycles. The van der Waals surface area contributed by atoms with E-state index in [1.165, 1.54) is 0 Å². The number of aromatic nitrogens is 2. The highest BCUT2D eigenvalue weighted by atomic mass is 35.5. The summed E-state index contributed by atoms with van der Waals surface area (Å²) < 4.78 is 1.86. The molecule has 0 saturated heterocycles. The standard InChI is InChI=1S/C13H16ClN3/c1-8(15)13-9(2)16-17(10(13)3)12-7-5-4-6-11(12)14/h4-8H,15H2,1-3H3. The lowest BCUT2D eigenvalue weighted by atomic mass is 10.1. The number of nitrogens with two attached hydrogens (primary N) is 1. The average molecular weight is 250 g/mol. The van der Waals surface area contributed by atoms with E-state index in [2.05, 4.69) is 5.10 Å². The number of rotatable bonds is 2. The van der Waals surface area contributed by atoms with Gasteiger partial charge >= 0.3 is 0 Å². The highest BCUT2D eigenvalue weighted by Crippen LogP contribution is 2.26. The van der Waals surface area contributed by atoms with Crippen molar-refractivity contribution in [2.75, 3.05) is 0 Å². The van der Waals surface area contributed by atoms with Crippen LogP contribution in [-0.4, -0.2) is 9.78 Å². The third-order valence-corrected chi connectivity index (χ3v) is 3.20. The Hall–Kier alpha value is -1.32. The Morgan fingerprint density at radius 3 is 2.47 bits per heavy atom. The molecule has 1 aromatic carbocycles. The van der Waals surface area contributed by atoms with E-state index in [4.69, 9.17) is 17.3 Å². The van der Waals surface area contributed by atoms with Crippen LogP contribution in [0, 0.1) is 13.8 Å². The smallest absolute Gasteiger partial charge is 0.0835 e. The van der Waals surface area contributed by atoms with Gasteiger partial charge in [-0.1, -0.05) is 23.7 Å². The predicted octanol–water partition coefficient (Wildman–Crippen LogP) is 3.16. The minimum Gasteiger partial charge on any atom is -0.324 e. The fraction of sp³-hybridized carbons (Fsp3) is 0.308. The minimum atomic E-state index is -0.0220. The topological polar surface area (TPSA) is 43.8 Å². The number of aryl methyl sites for hydroxylation is 1. The Labute approximate surface area is 106 Å². The summed E-state index contributed by atoms with van der Waals surface area (Å²) in [7, 11) is 0. The second-order valence-electron chi connectivity index (χ2n) is 4.24. The summed E-state index contributed by atoms with van der Waals surface area (Å²) in [6, 6.07) is 7.64. The van der Waals surface area contributed by atoms with E-state index in [1.54, 1.807) is 0 Å². The number of benzene rings is 1. The maximum Gasteiger partial charge on any atom is 0.0835 e. The lowest BCUT2D eigenvalue weighted by Gasteiger charge is -2.08. The molecule has 3 nitrogen and oxygen atoms in total. The van der Waals surface area contributed by atoms with Crippen molar-refractivity contribution >= 4 is 11.6 Å². The molecule has 1 heterocycles. The molecule has 0 amide bonds. The van der Waals surface area contributed by atoms with Crippen molar-refractivity contribution in [2.45, 2.75) is 26.8 Å². The van der Waals surface area contributed by atoms with E-state index in [9.17, 15) is 0 Å². The SMILES string of the molecule is Cc1nn(-c2ccccc2Cl)c(C)c1C(C)N. The van der Waals surface area contributed by atoms with Gasteiger partial charge in [-0.3, -0.25) is 0 Å².